The number of anilines is 1. The van der Waals surface area contributed by atoms with E-state index in [1.54, 1.807) is 11.3 Å². The van der Waals surface area contributed by atoms with Crippen LogP contribution >= 0.6 is 11.3 Å². The van der Waals surface area contributed by atoms with Crippen molar-refractivity contribution in [2.24, 2.45) is 0 Å². The number of nitrogens with zero attached hydrogens (tertiary/aromatic N) is 2. The highest BCUT2D eigenvalue weighted by atomic mass is 32.1. The highest BCUT2D eigenvalue weighted by Crippen LogP contribution is 2.32. The van der Waals surface area contributed by atoms with Crippen LogP contribution in [0, 0.1) is 0 Å². The number of ether oxygens (including phenoxy) is 1. The van der Waals surface area contributed by atoms with Gasteiger partial charge in [-0.05, 0) is 23.6 Å². The third-order valence-corrected chi connectivity index (χ3v) is 4.38. The van der Waals surface area contributed by atoms with Gasteiger partial charge in [-0.2, -0.15) is 0 Å². The van der Waals surface area contributed by atoms with Gasteiger partial charge in [0.15, 0.2) is 5.76 Å². The molecule has 0 saturated carbocycles. The van der Waals surface area contributed by atoms with Crippen LogP contribution in [0.3, 0.4) is 0 Å². The lowest BCUT2D eigenvalue weighted by Gasteiger charge is -2.30. The Kier molecular flexibility index (Phi) is 3.12. The molecule has 0 unspecified atom stereocenters. The predicted molar refractivity (Wildman–Crippen MR) is 82.8 cm³/mol. The molecule has 106 valence electrons. The first-order valence-corrected chi connectivity index (χ1v) is 7.74. The van der Waals surface area contributed by atoms with Crippen molar-refractivity contribution in [2.75, 3.05) is 18.1 Å². The Morgan fingerprint density at radius 2 is 2.14 bits per heavy atom. The topological polar surface area (TPSA) is 38.5 Å². The normalized spacial score (nSPS) is 13.8. The number of rotatable bonds is 3. The highest BCUT2D eigenvalue weighted by Gasteiger charge is 2.19. The van der Waals surface area contributed by atoms with E-state index in [1.165, 1.54) is 0 Å². The van der Waals surface area contributed by atoms with E-state index in [9.17, 15) is 0 Å². The monoisotopic (exact) mass is 298 g/mol. The SMILES string of the molecule is c1csc(-c2cc(CN3CCOc4ccccc43)no2)c1. The standard InChI is InChI=1S/C16H14N2O2S/c1-2-5-14-13(4-1)18(7-8-19-14)11-12-10-15(20-17-12)16-6-3-9-21-16/h1-6,9-10H,7-8,11H2. The maximum absolute atomic E-state index is 5.67. The molecule has 0 atom stereocenters. The fourth-order valence-electron chi connectivity index (χ4n) is 2.51. The molecular weight excluding hydrogens is 284 g/mol. The van der Waals surface area contributed by atoms with Crippen molar-refractivity contribution < 1.29 is 9.26 Å². The molecular formula is C16H14N2O2S. The first kappa shape index (κ1) is 12.5. The quantitative estimate of drug-likeness (QED) is 0.737. The summed E-state index contributed by atoms with van der Waals surface area (Å²) in [7, 11) is 0. The molecule has 4 rings (SSSR count). The Morgan fingerprint density at radius 3 is 3.05 bits per heavy atom. The number of para-hydroxylation sites is 2. The van der Waals surface area contributed by atoms with Crippen LogP contribution < -0.4 is 9.64 Å². The fourth-order valence-corrected chi connectivity index (χ4v) is 3.18. The predicted octanol–water partition coefficient (Wildman–Crippen LogP) is 3.80. The van der Waals surface area contributed by atoms with E-state index < -0.39 is 0 Å². The Morgan fingerprint density at radius 1 is 1.19 bits per heavy atom. The molecule has 0 amide bonds. The van der Waals surface area contributed by atoms with Gasteiger partial charge in [0.1, 0.15) is 18.1 Å². The summed E-state index contributed by atoms with van der Waals surface area (Å²) in [4.78, 5) is 3.38. The van der Waals surface area contributed by atoms with Crippen molar-refractivity contribution in [1.29, 1.82) is 0 Å². The van der Waals surface area contributed by atoms with Gasteiger partial charge in [-0.1, -0.05) is 23.4 Å². The van der Waals surface area contributed by atoms with E-state index in [0.717, 1.165) is 40.9 Å². The molecule has 1 aromatic carbocycles. The first-order valence-electron chi connectivity index (χ1n) is 6.86. The zero-order valence-corrected chi connectivity index (χ0v) is 12.2. The van der Waals surface area contributed by atoms with Gasteiger partial charge in [-0.3, -0.25) is 0 Å². The van der Waals surface area contributed by atoms with Crippen LogP contribution in [0.15, 0.2) is 52.4 Å². The molecule has 5 heteroatoms. The summed E-state index contributed by atoms with van der Waals surface area (Å²) in [6, 6.07) is 14.2. The molecule has 21 heavy (non-hydrogen) atoms. The first-order chi connectivity index (χ1) is 10.4. The van der Waals surface area contributed by atoms with Gasteiger partial charge >= 0.3 is 0 Å². The van der Waals surface area contributed by atoms with Crippen LogP contribution in [0.25, 0.3) is 10.6 Å². The van der Waals surface area contributed by atoms with Gasteiger partial charge in [0.25, 0.3) is 0 Å². The van der Waals surface area contributed by atoms with Crippen molar-refractivity contribution in [1.82, 2.24) is 5.16 Å². The third-order valence-electron chi connectivity index (χ3n) is 3.50. The zero-order valence-electron chi connectivity index (χ0n) is 11.4. The molecule has 0 radical (unpaired) electrons. The Labute approximate surface area is 126 Å². The molecule has 0 spiro atoms. The molecule has 0 aliphatic carbocycles. The summed E-state index contributed by atoms with van der Waals surface area (Å²) in [5.41, 5.74) is 2.06. The molecule has 1 aliphatic heterocycles. The molecule has 4 nitrogen and oxygen atoms in total. The summed E-state index contributed by atoms with van der Waals surface area (Å²) in [5, 5.41) is 6.23. The lowest BCUT2D eigenvalue weighted by molar-refractivity contribution is 0.306. The van der Waals surface area contributed by atoms with E-state index in [-0.39, 0.29) is 0 Å². The van der Waals surface area contributed by atoms with Crippen molar-refractivity contribution in [3.05, 3.63) is 53.5 Å². The van der Waals surface area contributed by atoms with Crippen LogP contribution in [-0.2, 0) is 6.54 Å². The summed E-state index contributed by atoms with van der Waals surface area (Å²) >= 11 is 1.66. The van der Waals surface area contributed by atoms with Gasteiger partial charge in [0.05, 0.1) is 23.7 Å². The second kappa shape index (κ2) is 5.26. The molecule has 0 saturated heterocycles. The molecule has 2 aromatic heterocycles. The number of hydrogen-bond donors (Lipinski definition) is 0. The van der Waals surface area contributed by atoms with Gasteiger partial charge in [0.2, 0.25) is 0 Å². The summed E-state index contributed by atoms with van der Waals surface area (Å²) in [6.45, 7) is 2.29. The van der Waals surface area contributed by atoms with Crippen LogP contribution in [0.2, 0.25) is 0 Å². The lowest BCUT2D eigenvalue weighted by atomic mass is 10.2. The van der Waals surface area contributed by atoms with Crippen molar-refractivity contribution >= 4 is 17.0 Å². The minimum absolute atomic E-state index is 0.701. The Hall–Kier alpha value is -2.27. The van der Waals surface area contributed by atoms with E-state index in [4.69, 9.17) is 9.26 Å². The molecule has 1 aliphatic rings. The van der Waals surface area contributed by atoms with Crippen LogP contribution in [0.5, 0.6) is 5.75 Å². The summed E-state index contributed by atoms with van der Waals surface area (Å²) in [6.07, 6.45) is 0. The van der Waals surface area contributed by atoms with Crippen molar-refractivity contribution in [3.8, 4) is 16.4 Å². The van der Waals surface area contributed by atoms with Crippen LogP contribution in [-0.4, -0.2) is 18.3 Å². The van der Waals surface area contributed by atoms with E-state index in [1.807, 2.05) is 41.8 Å². The average molecular weight is 298 g/mol. The Balaban J connectivity index is 1.57. The third kappa shape index (κ3) is 2.40. The minimum atomic E-state index is 0.701. The van der Waals surface area contributed by atoms with Gasteiger partial charge in [0, 0.05) is 6.07 Å². The zero-order chi connectivity index (χ0) is 14.1. The van der Waals surface area contributed by atoms with Gasteiger partial charge in [-0.15, -0.1) is 11.3 Å². The molecule has 3 aromatic rings. The van der Waals surface area contributed by atoms with Crippen molar-refractivity contribution in [3.63, 3.8) is 0 Å². The second-order valence-electron chi connectivity index (χ2n) is 4.90. The number of thiophene rings is 1. The summed E-state index contributed by atoms with van der Waals surface area (Å²) in [5.74, 6) is 1.77. The second-order valence-corrected chi connectivity index (χ2v) is 5.85. The van der Waals surface area contributed by atoms with Crippen LogP contribution in [0.1, 0.15) is 5.69 Å². The molecule has 0 bridgehead atoms. The lowest BCUT2D eigenvalue weighted by Crippen LogP contribution is -2.32. The Bertz CT molecular complexity index is 736. The minimum Gasteiger partial charge on any atom is -0.490 e. The molecule has 0 N–H and O–H groups in total. The number of fused-ring (bicyclic) bond motifs is 1. The highest BCUT2D eigenvalue weighted by molar-refractivity contribution is 7.13. The number of hydrogen-bond acceptors (Lipinski definition) is 5. The van der Waals surface area contributed by atoms with Crippen molar-refractivity contribution in [2.45, 2.75) is 6.54 Å². The maximum Gasteiger partial charge on any atom is 0.177 e. The largest absolute Gasteiger partial charge is 0.490 e. The number of aromatic nitrogens is 1. The van der Waals surface area contributed by atoms with Gasteiger partial charge in [-0.25, -0.2) is 0 Å². The van der Waals surface area contributed by atoms with Gasteiger partial charge < -0.3 is 14.2 Å². The maximum atomic E-state index is 5.67. The summed E-state index contributed by atoms with van der Waals surface area (Å²) < 4.78 is 11.1. The number of benzene rings is 1. The average Bonchev–Trinajstić information content (AvgIpc) is 3.18. The van der Waals surface area contributed by atoms with Crippen LogP contribution in [0.4, 0.5) is 5.69 Å². The smallest absolute Gasteiger partial charge is 0.177 e. The fraction of sp³-hybridized carbons (Fsp3) is 0.188. The van der Waals surface area contributed by atoms with E-state index in [0.29, 0.717) is 6.61 Å². The van der Waals surface area contributed by atoms with E-state index in [2.05, 4.69) is 16.1 Å². The van der Waals surface area contributed by atoms with E-state index >= 15 is 0 Å². The molecule has 3 heterocycles. The molecule has 0 fully saturated rings.